The summed E-state index contributed by atoms with van der Waals surface area (Å²) in [4.78, 5) is 13.4. The second kappa shape index (κ2) is 7.24. The van der Waals surface area contributed by atoms with Gasteiger partial charge in [-0.2, -0.15) is 8.75 Å². The number of anilines is 2. The molecule has 2 saturated heterocycles. The molecule has 9 heteroatoms. The highest BCUT2D eigenvalue weighted by Gasteiger charge is 2.21. The molecule has 0 spiro atoms. The first-order valence-electron chi connectivity index (χ1n) is 9.13. The third-order valence-electron chi connectivity index (χ3n) is 5.07. The van der Waals surface area contributed by atoms with Crippen molar-refractivity contribution < 1.29 is 9.47 Å². The third-order valence-corrected chi connectivity index (χ3v) is 5.54. The summed E-state index contributed by atoms with van der Waals surface area (Å²) in [5.74, 6) is 1.62. The standard InChI is InChI=1S/C18H20N6O2S/c1-2-16-15(18(20-12-19-16)26-14-3-8-25-11-14)9-13(1)23-4-6-24(7-5-23)17-10-21-27-22-17/h1-2,9-10,12,14H,3-8,11H2. The number of aromatic nitrogens is 4. The zero-order valence-electron chi connectivity index (χ0n) is 14.8. The Kier molecular flexibility index (Phi) is 4.46. The van der Waals surface area contributed by atoms with Gasteiger partial charge < -0.3 is 19.3 Å². The van der Waals surface area contributed by atoms with Gasteiger partial charge in [-0.3, -0.25) is 0 Å². The smallest absolute Gasteiger partial charge is 0.224 e. The number of benzene rings is 1. The van der Waals surface area contributed by atoms with E-state index in [4.69, 9.17) is 9.47 Å². The van der Waals surface area contributed by atoms with Gasteiger partial charge in [-0.1, -0.05) is 0 Å². The predicted octanol–water partition coefficient (Wildman–Crippen LogP) is 1.98. The minimum atomic E-state index is 0.0713. The van der Waals surface area contributed by atoms with Gasteiger partial charge in [0.25, 0.3) is 0 Å². The molecule has 4 heterocycles. The van der Waals surface area contributed by atoms with Gasteiger partial charge in [-0.05, 0) is 18.2 Å². The molecule has 140 valence electrons. The number of nitrogens with zero attached hydrogens (tertiary/aromatic N) is 6. The van der Waals surface area contributed by atoms with Gasteiger partial charge in [0.05, 0.1) is 42.0 Å². The van der Waals surface area contributed by atoms with Gasteiger partial charge >= 0.3 is 0 Å². The maximum Gasteiger partial charge on any atom is 0.224 e. The van der Waals surface area contributed by atoms with Crippen LogP contribution in [0.25, 0.3) is 10.9 Å². The van der Waals surface area contributed by atoms with Gasteiger partial charge in [0.1, 0.15) is 12.4 Å². The zero-order chi connectivity index (χ0) is 18.1. The number of rotatable bonds is 4. The van der Waals surface area contributed by atoms with E-state index in [0.717, 1.165) is 55.9 Å². The lowest BCUT2D eigenvalue weighted by molar-refractivity contribution is 0.139. The Balaban J connectivity index is 1.36. The van der Waals surface area contributed by atoms with Crippen LogP contribution in [0.4, 0.5) is 11.5 Å². The van der Waals surface area contributed by atoms with E-state index in [1.165, 1.54) is 17.4 Å². The van der Waals surface area contributed by atoms with Crippen molar-refractivity contribution in [3.8, 4) is 5.88 Å². The fourth-order valence-corrected chi connectivity index (χ4v) is 4.00. The fraction of sp³-hybridized carbons (Fsp3) is 0.444. The van der Waals surface area contributed by atoms with Gasteiger partial charge in [-0.25, -0.2) is 9.97 Å². The number of fused-ring (bicyclic) bond motifs is 1. The fourth-order valence-electron chi connectivity index (χ4n) is 3.57. The second-order valence-electron chi connectivity index (χ2n) is 6.72. The summed E-state index contributed by atoms with van der Waals surface area (Å²) in [5.41, 5.74) is 2.07. The average molecular weight is 384 g/mol. The van der Waals surface area contributed by atoms with E-state index in [0.29, 0.717) is 12.5 Å². The van der Waals surface area contributed by atoms with Crippen molar-refractivity contribution in [2.24, 2.45) is 0 Å². The first-order valence-corrected chi connectivity index (χ1v) is 9.86. The van der Waals surface area contributed by atoms with Crippen LogP contribution in [0.3, 0.4) is 0 Å². The molecule has 3 aromatic rings. The number of piperazine rings is 1. The number of hydrogen-bond acceptors (Lipinski definition) is 9. The summed E-state index contributed by atoms with van der Waals surface area (Å²) in [6.07, 6.45) is 4.37. The Morgan fingerprint density at radius 1 is 1.11 bits per heavy atom. The normalized spacial score (nSPS) is 20.4. The Hall–Kier alpha value is -2.52. The predicted molar refractivity (Wildman–Crippen MR) is 104 cm³/mol. The van der Waals surface area contributed by atoms with E-state index in [1.54, 1.807) is 6.33 Å². The highest BCUT2D eigenvalue weighted by molar-refractivity contribution is 6.99. The lowest BCUT2D eigenvalue weighted by Gasteiger charge is -2.36. The largest absolute Gasteiger partial charge is 0.471 e. The summed E-state index contributed by atoms with van der Waals surface area (Å²) >= 11 is 1.25. The first kappa shape index (κ1) is 16.6. The third kappa shape index (κ3) is 3.40. The van der Waals surface area contributed by atoms with E-state index in [9.17, 15) is 0 Å². The molecule has 0 amide bonds. The Morgan fingerprint density at radius 2 is 2.00 bits per heavy atom. The van der Waals surface area contributed by atoms with E-state index in [2.05, 4.69) is 40.6 Å². The van der Waals surface area contributed by atoms with Crippen LogP contribution in [0.5, 0.6) is 5.88 Å². The molecule has 2 aromatic heterocycles. The number of hydrogen-bond donors (Lipinski definition) is 0. The van der Waals surface area contributed by atoms with Crippen molar-refractivity contribution >= 4 is 34.1 Å². The molecule has 2 aliphatic heterocycles. The van der Waals surface area contributed by atoms with Gasteiger partial charge in [0, 0.05) is 38.3 Å². The minimum absolute atomic E-state index is 0.0713. The van der Waals surface area contributed by atoms with Gasteiger partial charge in [-0.15, -0.1) is 0 Å². The monoisotopic (exact) mass is 384 g/mol. The molecular formula is C18H20N6O2S. The van der Waals surface area contributed by atoms with Crippen LogP contribution >= 0.6 is 11.7 Å². The maximum atomic E-state index is 6.08. The van der Waals surface area contributed by atoms with Crippen LogP contribution in [0.2, 0.25) is 0 Å². The first-order chi connectivity index (χ1) is 13.4. The lowest BCUT2D eigenvalue weighted by atomic mass is 10.2. The van der Waals surface area contributed by atoms with Gasteiger partial charge in [0.2, 0.25) is 5.88 Å². The molecule has 0 saturated carbocycles. The van der Waals surface area contributed by atoms with Crippen LogP contribution in [-0.4, -0.2) is 64.2 Å². The molecule has 0 N–H and O–H groups in total. The van der Waals surface area contributed by atoms with E-state index >= 15 is 0 Å². The molecule has 0 radical (unpaired) electrons. The Morgan fingerprint density at radius 3 is 2.78 bits per heavy atom. The zero-order valence-corrected chi connectivity index (χ0v) is 15.6. The van der Waals surface area contributed by atoms with Crippen LogP contribution in [0.1, 0.15) is 6.42 Å². The lowest BCUT2D eigenvalue weighted by Crippen LogP contribution is -2.46. The summed E-state index contributed by atoms with van der Waals surface area (Å²) in [7, 11) is 0. The topological polar surface area (TPSA) is 76.5 Å². The summed E-state index contributed by atoms with van der Waals surface area (Å²) in [6.45, 7) is 5.10. The van der Waals surface area contributed by atoms with Crippen molar-refractivity contribution in [3.63, 3.8) is 0 Å². The van der Waals surface area contributed by atoms with Crippen molar-refractivity contribution in [2.45, 2.75) is 12.5 Å². The van der Waals surface area contributed by atoms with Crippen LogP contribution in [0.15, 0.2) is 30.7 Å². The molecule has 2 aliphatic rings. The maximum absolute atomic E-state index is 6.08. The van der Waals surface area contributed by atoms with E-state index in [-0.39, 0.29) is 6.10 Å². The quantitative estimate of drug-likeness (QED) is 0.676. The molecule has 27 heavy (non-hydrogen) atoms. The van der Waals surface area contributed by atoms with Crippen LogP contribution < -0.4 is 14.5 Å². The SMILES string of the molecule is c1nc(OC2CCOC2)c2cc(N3CCN(c4cnsn4)CC3)ccc2n1. The van der Waals surface area contributed by atoms with Crippen molar-refractivity contribution in [1.82, 2.24) is 18.7 Å². The minimum Gasteiger partial charge on any atom is -0.471 e. The molecule has 1 unspecified atom stereocenters. The summed E-state index contributed by atoms with van der Waals surface area (Å²) < 4.78 is 19.9. The second-order valence-corrected chi connectivity index (χ2v) is 7.28. The highest BCUT2D eigenvalue weighted by atomic mass is 32.1. The molecule has 1 atom stereocenters. The van der Waals surface area contributed by atoms with Crippen molar-refractivity contribution in [2.75, 3.05) is 49.2 Å². The molecular weight excluding hydrogens is 364 g/mol. The van der Waals surface area contributed by atoms with Crippen LogP contribution in [-0.2, 0) is 4.74 Å². The Bertz CT molecular complexity index is 907. The molecule has 0 bridgehead atoms. The van der Waals surface area contributed by atoms with E-state index < -0.39 is 0 Å². The van der Waals surface area contributed by atoms with E-state index in [1.807, 2.05) is 12.3 Å². The number of ether oxygens (including phenoxy) is 2. The molecule has 1 aromatic carbocycles. The molecule has 5 rings (SSSR count). The van der Waals surface area contributed by atoms with Gasteiger partial charge in [0.15, 0.2) is 5.82 Å². The summed E-state index contributed by atoms with van der Waals surface area (Å²) in [6, 6.07) is 6.31. The van der Waals surface area contributed by atoms with Crippen LogP contribution in [0, 0.1) is 0 Å². The Labute approximate surface area is 161 Å². The summed E-state index contributed by atoms with van der Waals surface area (Å²) in [5, 5.41) is 0.952. The molecule has 2 fully saturated rings. The van der Waals surface area contributed by atoms with Crippen molar-refractivity contribution in [3.05, 3.63) is 30.7 Å². The van der Waals surface area contributed by atoms with Crippen molar-refractivity contribution in [1.29, 1.82) is 0 Å². The highest BCUT2D eigenvalue weighted by Crippen LogP contribution is 2.29. The molecule has 0 aliphatic carbocycles. The average Bonchev–Trinajstić information content (AvgIpc) is 3.42. The molecule has 8 nitrogen and oxygen atoms in total.